The predicted molar refractivity (Wildman–Crippen MR) is 116 cm³/mol. The molecule has 1 aliphatic carbocycles. The molecule has 2 N–H and O–H groups in total. The van der Waals surface area contributed by atoms with Gasteiger partial charge in [0.25, 0.3) is 0 Å². The fourth-order valence-corrected chi connectivity index (χ4v) is 4.70. The van der Waals surface area contributed by atoms with Gasteiger partial charge < -0.3 is 15.4 Å². The topological polar surface area (TPSA) is 74.2 Å². The molecule has 28 heavy (non-hydrogen) atoms. The van der Waals surface area contributed by atoms with Gasteiger partial charge in [-0.25, -0.2) is 0 Å². The van der Waals surface area contributed by atoms with E-state index in [1.54, 1.807) is 35.6 Å². The highest BCUT2D eigenvalue weighted by Crippen LogP contribution is 2.37. The van der Waals surface area contributed by atoms with Crippen molar-refractivity contribution in [1.29, 1.82) is 5.26 Å². The lowest BCUT2D eigenvalue weighted by Gasteiger charge is -2.10. The number of carbonyl (C=O) groups is 1. The van der Waals surface area contributed by atoms with Crippen LogP contribution in [0.25, 0.3) is 0 Å². The predicted octanol–water partition coefficient (Wildman–Crippen LogP) is 4.82. The fraction of sp³-hybridized carbons (Fsp3) is 0.350. The van der Waals surface area contributed by atoms with E-state index in [2.05, 4.69) is 16.7 Å². The number of thiophene rings is 1. The zero-order valence-electron chi connectivity index (χ0n) is 15.2. The third-order valence-corrected chi connectivity index (χ3v) is 6.06. The maximum atomic E-state index is 12.1. The number of rotatable bonds is 6. The van der Waals surface area contributed by atoms with Crippen molar-refractivity contribution in [2.75, 3.05) is 11.9 Å². The SMILES string of the molecule is N#Cc1c(NC(=S)NC(=O)CCCOc2ccc(Cl)cc2)sc2c1CCCC2. The van der Waals surface area contributed by atoms with Crippen molar-refractivity contribution in [2.45, 2.75) is 38.5 Å². The van der Waals surface area contributed by atoms with Crippen LogP contribution < -0.4 is 15.4 Å². The van der Waals surface area contributed by atoms with Gasteiger partial charge in [-0.05, 0) is 74.2 Å². The molecule has 0 bridgehead atoms. The number of nitrogens with zero attached hydrogens (tertiary/aromatic N) is 1. The van der Waals surface area contributed by atoms with Crippen LogP contribution in [0.2, 0.25) is 5.02 Å². The van der Waals surface area contributed by atoms with E-state index in [0.717, 1.165) is 36.2 Å². The highest BCUT2D eigenvalue weighted by molar-refractivity contribution is 7.80. The van der Waals surface area contributed by atoms with Crippen molar-refractivity contribution < 1.29 is 9.53 Å². The van der Waals surface area contributed by atoms with Crippen LogP contribution >= 0.6 is 35.2 Å². The Morgan fingerprint density at radius 2 is 2.04 bits per heavy atom. The van der Waals surface area contributed by atoms with Crippen LogP contribution in [0.5, 0.6) is 5.75 Å². The molecule has 1 aromatic heterocycles. The summed E-state index contributed by atoms with van der Waals surface area (Å²) in [5.41, 5.74) is 1.79. The molecule has 1 heterocycles. The molecule has 0 radical (unpaired) electrons. The molecule has 0 saturated carbocycles. The Morgan fingerprint density at radius 1 is 1.29 bits per heavy atom. The number of nitrogens with one attached hydrogen (secondary N) is 2. The molecular weight excluding hydrogens is 414 g/mol. The third kappa shape index (κ3) is 5.44. The second-order valence-corrected chi connectivity index (χ2v) is 8.38. The molecule has 1 aliphatic rings. The molecule has 1 aromatic carbocycles. The maximum absolute atomic E-state index is 12.1. The molecule has 0 fully saturated rings. The first-order chi connectivity index (χ1) is 13.6. The number of carbonyl (C=O) groups excluding carboxylic acids is 1. The lowest BCUT2D eigenvalue weighted by Crippen LogP contribution is -2.34. The summed E-state index contributed by atoms with van der Waals surface area (Å²) in [4.78, 5) is 13.3. The van der Waals surface area contributed by atoms with Gasteiger partial charge >= 0.3 is 0 Å². The molecule has 2 aromatic rings. The molecule has 0 unspecified atom stereocenters. The van der Waals surface area contributed by atoms with Crippen molar-refractivity contribution in [3.8, 4) is 11.8 Å². The minimum Gasteiger partial charge on any atom is -0.494 e. The second kappa shape index (κ2) is 9.87. The monoisotopic (exact) mass is 433 g/mol. The lowest BCUT2D eigenvalue weighted by molar-refractivity contribution is -0.119. The Kier molecular flexibility index (Phi) is 7.26. The molecule has 146 valence electrons. The Morgan fingerprint density at radius 3 is 2.79 bits per heavy atom. The summed E-state index contributed by atoms with van der Waals surface area (Å²) in [5, 5.41) is 16.8. The number of fused-ring (bicyclic) bond motifs is 1. The molecule has 0 atom stereocenters. The maximum Gasteiger partial charge on any atom is 0.226 e. The van der Waals surface area contributed by atoms with E-state index in [4.69, 9.17) is 28.6 Å². The van der Waals surface area contributed by atoms with E-state index in [9.17, 15) is 10.1 Å². The molecule has 0 spiro atoms. The van der Waals surface area contributed by atoms with Gasteiger partial charge in [0, 0.05) is 16.3 Å². The molecule has 1 amide bonds. The van der Waals surface area contributed by atoms with Crippen molar-refractivity contribution in [3.63, 3.8) is 0 Å². The Balaban J connectivity index is 1.43. The number of hydrogen-bond donors (Lipinski definition) is 2. The fourth-order valence-electron chi connectivity index (χ4n) is 3.05. The number of aryl methyl sites for hydroxylation is 1. The molecule has 3 rings (SSSR count). The zero-order chi connectivity index (χ0) is 19.9. The van der Waals surface area contributed by atoms with Crippen molar-refractivity contribution in [1.82, 2.24) is 5.32 Å². The van der Waals surface area contributed by atoms with Gasteiger partial charge in [0.2, 0.25) is 5.91 Å². The number of thiocarbonyl (C=S) groups is 1. The van der Waals surface area contributed by atoms with Gasteiger partial charge in [0.05, 0.1) is 12.2 Å². The first-order valence-corrected chi connectivity index (χ1v) is 10.7. The average Bonchev–Trinajstić information content (AvgIpc) is 3.03. The third-order valence-electron chi connectivity index (χ3n) is 4.39. The van der Waals surface area contributed by atoms with Crippen molar-refractivity contribution in [2.24, 2.45) is 0 Å². The summed E-state index contributed by atoms with van der Waals surface area (Å²) in [6.45, 7) is 0.422. The summed E-state index contributed by atoms with van der Waals surface area (Å²) < 4.78 is 5.57. The number of ether oxygens (including phenoxy) is 1. The van der Waals surface area contributed by atoms with E-state index < -0.39 is 0 Å². The van der Waals surface area contributed by atoms with Crippen LogP contribution in [0.1, 0.15) is 41.7 Å². The largest absolute Gasteiger partial charge is 0.494 e. The van der Waals surface area contributed by atoms with E-state index >= 15 is 0 Å². The zero-order valence-corrected chi connectivity index (χ0v) is 17.6. The van der Waals surface area contributed by atoms with Gasteiger partial charge in [-0.15, -0.1) is 11.3 Å². The van der Waals surface area contributed by atoms with Crippen LogP contribution in [0, 0.1) is 11.3 Å². The number of nitriles is 1. The second-order valence-electron chi connectivity index (χ2n) is 6.44. The van der Waals surface area contributed by atoms with Crippen LogP contribution in [-0.4, -0.2) is 17.6 Å². The number of benzene rings is 1. The first kappa shape index (κ1) is 20.6. The van der Waals surface area contributed by atoms with Crippen LogP contribution in [0.15, 0.2) is 24.3 Å². The van der Waals surface area contributed by atoms with E-state index in [1.807, 2.05) is 0 Å². The number of anilines is 1. The van der Waals surface area contributed by atoms with Gasteiger partial charge in [0.15, 0.2) is 5.11 Å². The van der Waals surface area contributed by atoms with E-state index in [-0.39, 0.29) is 11.0 Å². The molecular formula is C20H20ClN3O2S2. The molecule has 5 nitrogen and oxygen atoms in total. The molecule has 0 aliphatic heterocycles. The smallest absolute Gasteiger partial charge is 0.226 e. The minimum atomic E-state index is -0.183. The molecule has 0 saturated heterocycles. The van der Waals surface area contributed by atoms with Gasteiger partial charge in [-0.3, -0.25) is 4.79 Å². The average molecular weight is 434 g/mol. The summed E-state index contributed by atoms with van der Waals surface area (Å²) in [7, 11) is 0. The standard InChI is InChI=1S/C20H20ClN3O2S2/c21-13-7-9-14(10-8-13)26-11-3-6-18(25)23-20(27)24-19-16(12-22)15-4-1-2-5-17(15)28-19/h7-10H,1-6,11H2,(H2,23,24,25,27). The highest BCUT2D eigenvalue weighted by atomic mass is 35.5. The van der Waals surface area contributed by atoms with Crippen LogP contribution in [0.4, 0.5) is 5.00 Å². The van der Waals surface area contributed by atoms with Crippen LogP contribution in [0.3, 0.4) is 0 Å². The Labute approximate surface area is 178 Å². The lowest BCUT2D eigenvalue weighted by atomic mass is 9.96. The summed E-state index contributed by atoms with van der Waals surface area (Å²) in [6, 6.07) is 9.36. The Bertz CT molecular complexity index is 903. The molecule has 8 heteroatoms. The van der Waals surface area contributed by atoms with E-state index in [1.165, 1.54) is 4.88 Å². The number of halogens is 1. The first-order valence-electron chi connectivity index (χ1n) is 9.10. The van der Waals surface area contributed by atoms with Crippen molar-refractivity contribution in [3.05, 3.63) is 45.3 Å². The highest BCUT2D eigenvalue weighted by Gasteiger charge is 2.21. The normalized spacial score (nSPS) is 12.6. The Hall–Kier alpha value is -2.14. The summed E-state index contributed by atoms with van der Waals surface area (Å²) >= 11 is 12.6. The number of hydrogen-bond acceptors (Lipinski definition) is 5. The minimum absolute atomic E-state index is 0.183. The number of amides is 1. The summed E-state index contributed by atoms with van der Waals surface area (Å²) in [6.07, 6.45) is 5.05. The van der Waals surface area contributed by atoms with Crippen molar-refractivity contribution >= 4 is 51.2 Å². The van der Waals surface area contributed by atoms with Gasteiger partial charge in [0.1, 0.15) is 16.8 Å². The quantitative estimate of drug-likeness (QED) is 0.504. The van der Waals surface area contributed by atoms with Gasteiger partial charge in [-0.1, -0.05) is 11.6 Å². The van der Waals surface area contributed by atoms with Crippen LogP contribution in [-0.2, 0) is 17.6 Å². The summed E-state index contributed by atoms with van der Waals surface area (Å²) in [5.74, 6) is 0.532. The van der Waals surface area contributed by atoms with Gasteiger partial charge in [-0.2, -0.15) is 5.26 Å². The van der Waals surface area contributed by atoms with E-state index in [0.29, 0.717) is 35.8 Å².